The van der Waals surface area contributed by atoms with E-state index in [4.69, 9.17) is 11.6 Å². The van der Waals surface area contributed by atoms with Gasteiger partial charge in [0.25, 0.3) is 0 Å². The number of pyridine rings is 1. The van der Waals surface area contributed by atoms with Crippen LogP contribution in [0.25, 0.3) is 10.9 Å². The van der Waals surface area contributed by atoms with Crippen molar-refractivity contribution in [1.29, 1.82) is 0 Å². The Kier molecular flexibility index (Phi) is 3.47. The van der Waals surface area contributed by atoms with E-state index >= 15 is 0 Å². The van der Waals surface area contributed by atoms with Crippen molar-refractivity contribution < 1.29 is 8.42 Å². The van der Waals surface area contributed by atoms with Crippen molar-refractivity contribution in [3.63, 3.8) is 0 Å². The number of halogens is 1. The van der Waals surface area contributed by atoms with Crippen LogP contribution < -0.4 is 0 Å². The molecule has 1 aliphatic rings. The van der Waals surface area contributed by atoms with E-state index in [2.05, 4.69) is 4.98 Å². The largest absolute Gasteiger partial charge is 0.243 e. The molecule has 1 aliphatic heterocycles. The molecule has 1 aromatic heterocycles. The molecule has 1 saturated heterocycles. The van der Waals surface area contributed by atoms with Gasteiger partial charge < -0.3 is 0 Å². The van der Waals surface area contributed by atoms with Gasteiger partial charge >= 0.3 is 0 Å². The third kappa shape index (κ3) is 2.54. The molecule has 0 saturated carbocycles. The number of sulfonamides is 1. The van der Waals surface area contributed by atoms with Crippen molar-refractivity contribution in [3.8, 4) is 0 Å². The standard InChI is InChI=1S/C15H17ClN2O2S/c1-15(2)8-3-9-18(15)21(19,20)12-5-6-13-11(10-12)4-7-14(16)17-13/h4-7,10H,3,8-9H2,1-2H3. The van der Waals surface area contributed by atoms with Gasteiger partial charge in [0, 0.05) is 17.5 Å². The van der Waals surface area contributed by atoms with Gasteiger partial charge in [-0.05, 0) is 57.0 Å². The lowest BCUT2D eigenvalue weighted by Crippen LogP contribution is -2.42. The van der Waals surface area contributed by atoms with Crippen LogP contribution in [0.5, 0.6) is 0 Å². The average molecular weight is 325 g/mol. The predicted molar refractivity (Wildman–Crippen MR) is 84.0 cm³/mol. The fraction of sp³-hybridized carbons (Fsp3) is 0.400. The van der Waals surface area contributed by atoms with Gasteiger partial charge in [0.1, 0.15) is 5.15 Å². The molecular formula is C15H17ClN2O2S. The molecule has 0 spiro atoms. The first kappa shape index (κ1) is 14.8. The zero-order valence-corrected chi connectivity index (χ0v) is 13.6. The molecule has 0 N–H and O–H groups in total. The molecule has 0 amide bonds. The van der Waals surface area contributed by atoms with E-state index < -0.39 is 10.0 Å². The van der Waals surface area contributed by atoms with Crippen LogP contribution in [0.15, 0.2) is 35.2 Å². The van der Waals surface area contributed by atoms with Crippen LogP contribution in [0.1, 0.15) is 26.7 Å². The second-order valence-corrected chi connectivity index (χ2v) is 8.23. The number of rotatable bonds is 2. The Balaban J connectivity index is 2.09. The third-order valence-electron chi connectivity index (χ3n) is 4.04. The molecule has 1 aromatic carbocycles. The number of hydrogen-bond acceptors (Lipinski definition) is 3. The summed E-state index contributed by atoms with van der Waals surface area (Å²) in [7, 11) is -3.48. The average Bonchev–Trinajstić information content (AvgIpc) is 2.78. The lowest BCUT2D eigenvalue weighted by atomic mass is 10.0. The summed E-state index contributed by atoms with van der Waals surface area (Å²) in [6.07, 6.45) is 1.79. The minimum atomic E-state index is -3.48. The zero-order chi connectivity index (χ0) is 15.3. The van der Waals surface area contributed by atoms with Crippen molar-refractivity contribution in [2.75, 3.05) is 6.54 Å². The summed E-state index contributed by atoms with van der Waals surface area (Å²) in [4.78, 5) is 4.50. The molecule has 112 valence electrons. The molecule has 0 atom stereocenters. The summed E-state index contributed by atoms with van der Waals surface area (Å²) in [5.74, 6) is 0. The highest BCUT2D eigenvalue weighted by atomic mass is 35.5. The second kappa shape index (κ2) is 4.93. The number of hydrogen-bond donors (Lipinski definition) is 0. The van der Waals surface area contributed by atoms with Gasteiger partial charge in [-0.2, -0.15) is 4.31 Å². The maximum Gasteiger partial charge on any atom is 0.243 e. The van der Waals surface area contributed by atoms with Gasteiger partial charge in [0.15, 0.2) is 0 Å². The molecule has 2 aromatic rings. The van der Waals surface area contributed by atoms with E-state index in [-0.39, 0.29) is 5.54 Å². The fourth-order valence-corrected chi connectivity index (χ4v) is 4.93. The molecular weight excluding hydrogens is 308 g/mol. The van der Waals surface area contributed by atoms with Crippen LogP contribution in [-0.4, -0.2) is 29.8 Å². The molecule has 0 bridgehead atoms. The SMILES string of the molecule is CC1(C)CCCN1S(=O)(=O)c1ccc2nc(Cl)ccc2c1. The lowest BCUT2D eigenvalue weighted by Gasteiger charge is -2.30. The smallest absolute Gasteiger partial charge is 0.236 e. The molecule has 2 heterocycles. The van der Waals surface area contributed by atoms with Crippen LogP contribution >= 0.6 is 11.6 Å². The molecule has 4 nitrogen and oxygen atoms in total. The van der Waals surface area contributed by atoms with Crippen molar-refractivity contribution in [3.05, 3.63) is 35.5 Å². The van der Waals surface area contributed by atoms with Crippen LogP contribution in [0, 0.1) is 0 Å². The van der Waals surface area contributed by atoms with Crippen molar-refractivity contribution >= 4 is 32.5 Å². The van der Waals surface area contributed by atoms with E-state index in [1.54, 1.807) is 34.6 Å². The number of benzene rings is 1. The Labute approximate surface area is 129 Å². The Morgan fingerprint density at radius 3 is 2.67 bits per heavy atom. The van der Waals surface area contributed by atoms with Crippen LogP contribution in [0.4, 0.5) is 0 Å². The molecule has 0 unspecified atom stereocenters. The van der Waals surface area contributed by atoms with Crippen LogP contribution in [0.2, 0.25) is 5.15 Å². The molecule has 1 fully saturated rings. The van der Waals surface area contributed by atoms with E-state index in [9.17, 15) is 8.42 Å². The number of fused-ring (bicyclic) bond motifs is 1. The normalized spacial score (nSPS) is 19.2. The zero-order valence-electron chi connectivity index (χ0n) is 12.0. The molecule has 0 radical (unpaired) electrons. The van der Waals surface area contributed by atoms with E-state index in [1.165, 1.54) is 0 Å². The monoisotopic (exact) mass is 324 g/mol. The maximum absolute atomic E-state index is 12.8. The van der Waals surface area contributed by atoms with E-state index in [0.717, 1.165) is 18.2 Å². The summed E-state index contributed by atoms with van der Waals surface area (Å²) < 4.78 is 27.3. The summed E-state index contributed by atoms with van der Waals surface area (Å²) in [5, 5.41) is 1.18. The van der Waals surface area contributed by atoms with Gasteiger partial charge in [0.2, 0.25) is 10.0 Å². The van der Waals surface area contributed by atoms with Crippen LogP contribution in [-0.2, 0) is 10.0 Å². The molecule has 3 rings (SSSR count). The molecule has 6 heteroatoms. The second-order valence-electron chi connectivity index (χ2n) is 5.98. The number of nitrogens with zero attached hydrogens (tertiary/aromatic N) is 2. The summed E-state index contributed by atoms with van der Waals surface area (Å²) in [6, 6.07) is 8.44. The molecule has 0 aliphatic carbocycles. The Bertz CT molecular complexity index is 802. The highest BCUT2D eigenvalue weighted by molar-refractivity contribution is 7.89. The van der Waals surface area contributed by atoms with Crippen LogP contribution in [0.3, 0.4) is 0 Å². The van der Waals surface area contributed by atoms with Gasteiger partial charge in [-0.1, -0.05) is 11.6 Å². The Morgan fingerprint density at radius 1 is 1.24 bits per heavy atom. The maximum atomic E-state index is 12.8. The Hall–Kier alpha value is -1.17. The van der Waals surface area contributed by atoms with Gasteiger partial charge in [-0.25, -0.2) is 13.4 Å². The predicted octanol–water partition coefficient (Wildman–Crippen LogP) is 3.45. The lowest BCUT2D eigenvalue weighted by molar-refractivity contribution is 0.292. The van der Waals surface area contributed by atoms with Gasteiger partial charge in [-0.3, -0.25) is 0 Å². The van der Waals surface area contributed by atoms with E-state index in [1.807, 2.05) is 13.8 Å². The summed E-state index contributed by atoms with van der Waals surface area (Å²) in [5.41, 5.74) is 0.369. The minimum absolute atomic E-state index is 0.314. The first-order valence-electron chi connectivity index (χ1n) is 6.90. The number of aromatic nitrogens is 1. The summed E-state index contributed by atoms with van der Waals surface area (Å²) >= 11 is 5.85. The minimum Gasteiger partial charge on any atom is -0.236 e. The van der Waals surface area contributed by atoms with Crippen molar-refractivity contribution in [2.45, 2.75) is 37.1 Å². The molecule has 21 heavy (non-hydrogen) atoms. The first-order valence-corrected chi connectivity index (χ1v) is 8.72. The quantitative estimate of drug-likeness (QED) is 0.795. The first-order chi connectivity index (χ1) is 9.80. The highest BCUT2D eigenvalue weighted by Crippen LogP contribution is 2.34. The van der Waals surface area contributed by atoms with E-state index in [0.29, 0.717) is 22.1 Å². The highest BCUT2D eigenvalue weighted by Gasteiger charge is 2.40. The third-order valence-corrected chi connectivity index (χ3v) is 6.36. The fourth-order valence-electron chi connectivity index (χ4n) is 2.89. The Morgan fingerprint density at radius 2 is 2.00 bits per heavy atom. The topological polar surface area (TPSA) is 50.3 Å². The van der Waals surface area contributed by atoms with Gasteiger partial charge in [0.05, 0.1) is 10.4 Å². The van der Waals surface area contributed by atoms with Gasteiger partial charge in [-0.15, -0.1) is 0 Å². The summed E-state index contributed by atoms with van der Waals surface area (Å²) in [6.45, 7) is 4.52. The van der Waals surface area contributed by atoms with Crippen molar-refractivity contribution in [2.24, 2.45) is 0 Å². The van der Waals surface area contributed by atoms with Crippen molar-refractivity contribution in [1.82, 2.24) is 9.29 Å².